The van der Waals surface area contributed by atoms with Crippen molar-refractivity contribution in [1.29, 1.82) is 0 Å². The summed E-state index contributed by atoms with van der Waals surface area (Å²) < 4.78 is 0. The standard InChI is InChI=1S/C11H22N2/c1-4-5-7-13-8-6-11(12)9(2)10(13)3/h4,9-11H,1,5-8,12H2,2-3H3. The number of rotatable bonds is 3. The van der Waals surface area contributed by atoms with Crippen LogP contribution in [0.2, 0.25) is 0 Å². The van der Waals surface area contributed by atoms with Crippen molar-refractivity contribution in [3.63, 3.8) is 0 Å². The van der Waals surface area contributed by atoms with E-state index in [2.05, 4.69) is 25.3 Å². The zero-order chi connectivity index (χ0) is 9.84. The Labute approximate surface area is 81.8 Å². The molecule has 0 spiro atoms. The number of hydrogen-bond acceptors (Lipinski definition) is 2. The van der Waals surface area contributed by atoms with Crippen LogP contribution in [0.4, 0.5) is 0 Å². The van der Waals surface area contributed by atoms with E-state index in [0.717, 1.165) is 25.9 Å². The van der Waals surface area contributed by atoms with Gasteiger partial charge in [-0.25, -0.2) is 0 Å². The molecule has 0 bridgehead atoms. The predicted molar refractivity (Wildman–Crippen MR) is 57.6 cm³/mol. The van der Waals surface area contributed by atoms with Gasteiger partial charge in [-0.1, -0.05) is 13.0 Å². The monoisotopic (exact) mass is 182 g/mol. The summed E-state index contributed by atoms with van der Waals surface area (Å²) in [6, 6.07) is 1.03. The maximum absolute atomic E-state index is 6.01. The van der Waals surface area contributed by atoms with Crippen molar-refractivity contribution in [2.24, 2.45) is 11.7 Å². The van der Waals surface area contributed by atoms with Crippen molar-refractivity contribution in [2.45, 2.75) is 38.8 Å². The van der Waals surface area contributed by atoms with Gasteiger partial charge in [-0.2, -0.15) is 0 Å². The number of nitrogens with two attached hydrogens (primary N) is 1. The van der Waals surface area contributed by atoms with E-state index in [9.17, 15) is 0 Å². The maximum Gasteiger partial charge on any atom is 0.0107 e. The third-order valence-electron chi connectivity index (χ3n) is 3.38. The van der Waals surface area contributed by atoms with Crippen LogP contribution in [0.15, 0.2) is 12.7 Å². The lowest BCUT2D eigenvalue weighted by Crippen LogP contribution is -2.51. The van der Waals surface area contributed by atoms with Gasteiger partial charge in [0, 0.05) is 18.6 Å². The molecule has 1 saturated heterocycles. The van der Waals surface area contributed by atoms with Crippen molar-refractivity contribution in [3.8, 4) is 0 Å². The Morgan fingerprint density at radius 2 is 2.23 bits per heavy atom. The van der Waals surface area contributed by atoms with Crippen LogP contribution in [0.3, 0.4) is 0 Å². The molecule has 0 aromatic rings. The molecular formula is C11H22N2. The SMILES string of the molecule is C=CCCN1CCC(N)C(C)C1C. The first-order chi connectivity index (χ1) is 6.16. The highest BCUT2D eigenvalue weighted by atomic mass is 15.2. The van der Waals surface area contributed by atoms with E-state index < -0.39 is 0 Å². The second-order valence-corrected chi connectivity index (χ2v) is 4.17. The summed E-state index contributed by atoms with van der Waals surface area (Å²) in [7, 11) is 0. The zero-order valence-corrected chi connectivity index (χ0v) is 8.87. The normalized spacial score (nSPS) is 36.1. The molecule has 13 heavy (non-hydrogen) atoms. The first-order valence-electron chi connectivity index (χ1n) is 5.27. The summed E-state index contributed by atoms with van der Waals surface area (Å²) in [4.78, 5) is 2.52. The fourth-order valence-corrected chi connectivity index (χ4v) is 2.04. The maximum atomic E-state index is 6.01. The molecule has 0 aromatic heterocycles. The van der Waals surface area contributed by atoms with Crippen molar-refractivity contribution in [2.75, 3.05) is 13.1 Å². The Morgan fingerprint density at radius 1 is 1.54 bits per heavy atom. The molecule has 3 atom stereocenters. The number of piperidine rings is 1. The fraction of sp³-hybridized carbons (Fsp3) is 0.818. The molecule has 76 valence electrons. The molecule has 2 N–H and O–H groups in total. The van der Waals surface area contributed by atoms with Crippen molar-refractivity contribution in [3.05, 3.63) is 12.7 Å². The second-order valence-electron chi connectivity index (χ2n) is 4.17. The second kappa shape index (κ2) is 4.77. The van der Waals surface area contributed by atoms with E-state index >= 15 is 0 Å². The molecule has 0 amide bonds. The van der Waals surface area contributed by atoms with Gasteiger partial charge in [0.25, 0.3) is 0 Å². The van der Waals surface area contributed by atoms with Gasteiger partial charge >= 0.3 is 0 Å². The van der Waals surface area contributed by atoms with Crippen LogP contribution in [0.5, 0.6) is 0 Å². The van der Waals surface area contributed by atoms with E-state index in [0.29, 0.717) is 18.0 Å². The quantitative estimate of drug-likeness (QED) is 0.672. The smallest absolute Gasteiger partial charge is 0.0107 e. The average molecular weight is 182 g/mol. The molecule has 0 aliphatic carbocycles. The highest BCUT2D eigenvalue weighted by Gasteiger charge is 2.29. The highest BCUT2D eigenvalue weighted by molar-refractivity contribution is 4.87. The Bertz CT molecular complexity index is 167. The molecule has 1 aliphatic rings. The van der Waals surface area contributed by atoms with E-state index in [1.165, 1.54) is 0 Å². The van der Waals surface area contributed by atoms with Crippen LogP contribution < -0.4 is 5.73 Å². The fourth-order valence-electron chi connectivity index (χ4n) is 2.04. The van der Waals surface area contributed by atoms with Gasteiger partial charge < -0.3 is 5.73 Å². The molecule has 1 rings (SSSR count). The minimum atomic E-state index is 0.398. The number of likely N-dealkylation sites (tertiary alicyclic amines) is 1. The van der Waals surface area contributed by atoms with Gasteiger partial charge in [0.1, 0.15) is 0 Å². The highest BCUT2D eigenvalue weighted by Crippen LogP contribution is 2.22. The van der Waals surface area contributed by atoms with Crippen LogP contribution in [-0.4, -0.2) is 30.1 Å². The Hall–Kier alpha value is -0.340. The third-order valence-corrected chi connectivity index (χ3v) is 3.38. The topological polar surface area (TPSA) is 29.3 Å². The lowest BCUT2D eigenvalue weighted by molar-refractivity contribution is 0.1000. The lowest BCUT2D eigenvalue weighted by Gasteiger charge is -2.41. The molecule has 1 aliphatic heterocycles. The molecule has 2 heteroatoms. The van der Waals surface area contributed by atoms with Crippen LogP contribution in [0.25, 0.3) is 0 Å². The number of hydrogen-bond donors (Lipinski definition) is 1. The molecule has 0 saturated carbocycles. The molecular weight excluding hydrogens is 160 g/mol. The van der Waals surface area contributed by atoms with Gasteiger partial charge in [0.05, 0.1) is 0 Å². The van der Waals surface area contributed by atoms with Gasteiger partial charge in [-0.05, 0) is 32.2 Å². The van der Waals surface area contributed by atoms with Crippen LogP contribution in [-0.2, 0) is 0 Å². The summed E-state index contributed by atoms with van der Waals surface area (Å²) in [6.45, 7) is 10.6. The minimum absolute atomic E-state index is 0.398. The molecule has 0 radical (unpaired) electrons. The summed E-state index contributed by atoms with van der Waals surface area (Å²) in [5, 5.41) is 0. The van der Waals surface area contributed by atoms with Crippen molar-refractivity contribution in [1.82, 2.24) is 4.90 Å². The Balaban J connectivity index is 2.43. The number of nitrogens with zero attached hydrogens (tertiary/aromatic N) is 1. The first-order valence-corrected chi connectivity index (χ1v) is 5.27. The summed E-state index contributed by atoms with van der Waals surface area (Å²) in [5.74, 6) is 0.624. The Morgan fingerprint density at radius 3 is 2.85 bits per heavy atom. The molecule has 0 aromatic carbocycles. The van der Waals surface area contributed by atoms with Gasteiger partial charge in [0.2, 0.25) is 0 Å². The Kier molecular flexibility index (Phi) is 3.94. The summed E-state index contributed by atoms with van der Waals surface area (Å²) in [6.07, 6.45) is 4.22. The van der Waals surface area contributed by atoms with E-state index in [1.807, 2.05) is 6.08 Å². The summed E-state index contributed by atoms with van der Waals surface area (Å²) >= 11 is 0. The zero-order valence-electron chi connectivity index (χ0n) is 8.87. The predicted octanol–water partition coefficient (Wildman–Crippen LogP) is 1.62. The summed E-state index contributed by atoms with van der Waals surface area (Å²) in [5.41, 5.74) is 6.01. The average Bonchev–Trinajstić information content (AvgIpc) is 2.13. The minimum Gasteiger partial charge on any atom is -0.327 e. The van der Waals surface area contributed by atoms with Crippen molar-refractivity contribution >= 4 is 0 Å². The van der Waals surface area contributed by atoms with Gasteiger partial charge in [-0.3, -0.25) is 4.90 Å². The van der Waals surface area contributed by atoms with Gasteiger partial charge in [0.15, 0.2) is 0 Å². The van der Waals surface area contributed by atoms with Crippen LogP contribution >= 0.6 is 0 Å². The third kappa shape index (κ3) is 2.55. The molecule has 2 nitrogen and oxygen atoms in total. The first kappa shape index (κ1) is 10.7. The lowest BCUT2D eigenvalue weighted by atomic mass is 9.87. The largest absolute Gasteiger partial charge is 0.327 e. The van der Waals surface area contributed by atoms with E-state index in [4.69, 9.17) is 5.73 Å². The van der Waals surface area contributed by atoms with E-state index in [1.54, 1.807) is 0 Å². The van der Waals surface area contributed by atoms with E-state index in [-0.39, 0.29) is 0 Å². The van der Waals surface area contributed by atoms with Crippen LogP contribution in [0, 0.1) is 5.92 Å². The molecule has 3 unspecified atom stereocenters. The van der Waals surface area contributed by atoms with Gasteiger partial charge in [-0.15, -0.1) is 6.58 Å². The van der Waals surface area contributed by atoms with Crippen LogP contribution in [0.1, 0.15) is 26.7 Å². The molecule has 1 heterocycles. The molecule has 1 fully saturated rings. The van der Waals surface area contributed by atoms with Crippen molar-refractivity contribution < 1.29 is 0 Å².